The van der Waals surface area contributed by atoms with Crippen LogP contribution < -0.4 is 9.62 Å². The van der Waals surface area contributed by atoms with Crippen LogP contribution >= 0.6 is 0 Å². The number of halogens is 3. The third-order valence-electron chi connectivity index (χ3n) is 5.33. The van der Waals surface area contributed by atoms with Crippen molar-refractivity contribution in [2.24, 2.45) is 0 Å². The minimum absolute atomic E-state index is 0.268. The molecule has 0 fully saturated rings. The monoisotopic (exact) mass is 488 g/mol. The van der Waals surface area contributed by atoms with E-state index in [1.807, 2.05) is 43.3 Å². The van der Waals surface area contributed by atoms with E-state index in [4.69, 9.17) is 0 Å². The van der Waals surface area contributed by atoms with Gasteiger partial charge < -0.3 is 4.90 Å². The third kappa shape index (κ3) is 4.04. The Hall–Kier alpha value is -3.69. The number of sulfonamides is 1. The Bertz CT molecular complexity index is 1480. The van der Waals surface area contributed by atoms with Gasteiger partial charge in [0, 0.05) is 31.4 Å². The third-order valence-corrected chi connectivity index (χ3v) is 6.85. The SMILES string of the molecule is CC(NS(=O)(=O)c1ccc(-c2c(C#N)c3cc(N(C)C)cnc3n2C2=CC=C2)nc1)C(F)(F)F. The molecular weight excluding hydrogens is 469 g/mol. The number of fused-ring (bicyclic) bond motifs is 1. The lowest BCUT2D eigenvalue weighted by Crippen LogP contribution is -2.42. The Balaban J connectivity index is 1.83. The molecule has 0 spiro atoms. The fraction of sp³-hybridized carbons (Fsp3) is 0.227. The lowest BCUT2D eigenvalue weighted by atomic mass is 10.1. The lowest BCUT2D eigenvalue weighted by Gasteiger charge is -2.17. The number of pyridine rings is 2. The van der Waals surface area contributed by atoms with Gasteiger partial charge in [0.15, 0.2) is 0 Å². The summed E-state index contributed by atoms with van der Waals surface area (Å²) < 4.78 is 66.5. The molecule has 8 nitrogen and oxygen atoms in total. The van der Waals surface area contributed by atoms with Crippen LogP contribution in [0, 0.1) is 11.3 Å². The first-order valence-corrected chi connectivity index (χ1v) is 11.5. The fourth-order valence-electron chi connectivity index (χ4n) is 3.38. The number of anilines is 1. The van der Waals surface area contributed by atoms with Crippen LogP contribution in [0.5, 0.6) is 0 Å². The number of nitrogens with zero attached hydrogens (tertiary/aromatic N) is 5. The van der Waals surface area contributed by atoms with Crippen molar-refractivity contribution in [1.82, 2.24) is 19.3 Å². The maximum Gasteiger partial charge on any atom is 0.404 e. The largest absolute Gasteiger partial charge is 0.404 e. The second kappa shape index (κ2) is 8.27. The van der Waals surface area contributed by atoms with Crippen LogP contribution in [-0.2, 0) is 10.0 Å². The summed E-state index contributed by atoms with van der Waals surface area (Å²) in [5.41, 5.74) is 3.02. The quantitative estimate of drug-likeness (QED) is 0.568. The van der Waals surface area contributed by atoms with E-state index in [9.17, 15) is 26.9 Å². The van der Waals surface area contributed by atoms with Gasteiger partial charge in [0.05, 0.1) is 28.8 Å². The van der Waals surface area contributed by atoms with Crippen LogP contribution in [0.15, 0.2) is 53.7 Å². The molecule has 0 aliphatic heterocycles. The molecule has 12 heteroatoms. The number of alkyl halides is 3. The predicted molar refractivity (Wildman–Crippen MR) is 121 cm³/mol. The summed E-state index contributed by atoms with van der Waals surface area (Å²) in [5.74, 6) is 0. The minimum Gasteiger partial charge on any atom is -0.376 e. The first kappa shape index (κ1) is 23.5. The van der Waals surface area contributed by atoms with Crippen LogP contribution in [0.2, 0.25) is 0 Å². The zero-order chi connectivity index (χ0) is 24.8. The zero-order valence-corrected chi connectivity index (χ0v) is 19.1. The van der Waals surface area contributed by atoms with Gasteiger partial charge >= 0.3 is 6.18 Å². The molecule has 1 aliphatic carbocycles. The Labute approximate surface area is 193 Å². The highest BCUT2D eigenvalue weighted by Gasteiger charge is 2.39. The molecule has 3 aromatic rings. The highest BCUT2D eigenvalue weighted by atomic mass is 32.2. The average Bonchev–Trinajstić information content (AvgIpc) is 3.05. The van der Waals surface area contributed by atoms with Crippen molar-refractivity contribution in [1.29, 1.82) is 5.26 Å². The average molecular weight is 488 g/mol. The van der Waals surface area contributed by atoms with E-state index in [-0.39, 0.29) is 5.69 Å². The summed E-state index contributed by atoms with van der Waals surface area (Å²) in [6, 6.07) is 4.26. The van der Waals surface area contributed by atoms with Crippen LogP contribution in [-0.4, -0.2) is 49.3 Å². The highest BCUT2D eigenvalue weighted by molar-refractivity contribution is 7.89. The molecule has 0 amide bonds. The molecule has 34 heavy (non-hydrogen) atoms. The highest BCUT2D eigenvalue weighted by Crippen LogP contribution is 2.37. The number of nitrogens with one attached hydrogen (secondary N) is 1. The van der Waals surface area contributed by atoms with Gasteiger partial charge in [-0.15, -0.1) is 0 Å². The molecule has 0 radical (unpaired) electrons. The minimum atomic E-state index is -4.73. The molecule has 1 unspecified atom stereocenters. The standard InChI is InChI=1S/C22H19F3N6O2S/c1-13(22(23,24)25)29-34(32,33)16-7-8-19(27-12-16)20-18(10-26)17-9-15(30(2)3)11-28-21(17)31(20)14-5-4-6-14/h4-9,11-13,29H,1-3H3. The van der Waals surface area contributed by atoms with Crippen LogP contribution in [0.25, 0.3) is 28.1 Å². The van der Waals surface area contributed by atoms with Gasteiger partial charge in [-0.1, -0.05) is 6.08 Å². The number of hydrogen-bond donors (Lipinski definition) is 1. The second-order valence-corrected chi connectivity index (χ2v) is 9.56. The predicted octanol–water partition coefficient (Wildman–Crippen LogP) is 3.68. The Morgan fingerprint density at radius 2 is 1.91 bits per heavy atom. The van der Waals surface area contributed by atoms with Crippen LogP contribution in [0.3, 0.4) is 0 Å². The summed E-state index contributed by atoms with van der Waals surface area (Å²) in [6.45, 7) is 0.714. The molecule has 0 bridgehead atoms. The van der Waals surface area contributed by atoms with Gasteiger partial charge in [0.2, 0.25) is 10.0 Å². The lowest BCUT2D eigenvalue weighted by molar-refractivity contribution is -0.147. The van der Waals surface area contributed by atoms with Crippen molar-refractivity contribution in [2.75, 3.05) is 19.0 Å². The van der Waals surface area contributed by atoms with E-state index >= 15 is 0 Å². The number of rotatable bonds is 6. The van der Waals surface area contributed by atoms with Crippen molar-refractivity contribution in [3.63, 3.8) is 0 Å². The van der Waals surface area contributed by atoms with E-state index < -0.39 is 27.1 Å². The van der Waals surface area contributed by atoms with E-state index in [0.29, 0.717) is 29.2 Å². The molecule has 1 N–H and O–H groups in total. The summed E-state index contributed by atoms with van der Waals surface area (Å²) in [4.78, 5) is 10.1. The zero-order valence-electron chi connectivity index (χ0n) is 18.3. The first-order chi connectivity index (χ1) is 15.9. The molecule has 3 aromatic heterocycles. The fourth-order valence-corrected chi connectivity index (χ4v) is 4.56. The van der Waals surface area contributed by atoms with Crippen molar-refractivity contribution in [2.45, 2.75) is 24.0 Å². The maximum atomic E-state index is 12.8. The molecule has 1 aliphatic rings. The Morgan fingerprint density at radius 3 is 2.41 bits per heavy atom. The molecule has 3 heterocycles. The molecule has 1 atom stereocenters. The first-order valence-electron chi connectivity index (χ1n) is 10.00. The maximum absolute atomic E-state index is 12.8. The van der Waals surface area contributed by atoms with Gasteiger partial charge in [0.1, 0.15) is 22.7 Å². The molecule has 0 saturated heterocycles. The van der Waals surface area contributed by atoms with Gasteiger partial charge in [-0.3, -0.25) is 9.55 Å². The van der Waals surface area contributed by atoms with Gasteiger partial charge in [0.25, 0.3) is 0 Å². The number of aromatic nitrogens is 3. The second-order valence-electron chi connectivity index (χ2n) is 7.84. The summed E-state index contributed by atoms with van der Waals surface area (Å²) in [5, 5.41) is 10.6. The smallest absolute Gasteiger partial charge is 0.376 e. The van der Waals surface area contributed by atoms with Crippen molar-refractivity contribution < 1.29 is 21.6 Å². The normalized spacial score (nSPS) is 14.4. The van der Waals surface area contributed by atoms with Crippen molar-refractivity contribution in [3.05, 3.63) is 54.4 Å². The summed E-state index contributed by atoms with van der Waals surface area (Å²) >= 11 is 0. The molecule has 0 saturated carbocycles. The number of hydrogen-bond acceptors (Lipinski definition) is 6. The molecule has 0 aromatic carbocycles. The number of nitriles is 1. The van der Waals surface area contributed by atoms with Crippen LogP contribution in [0.1, 0.15) is 12.5 Å². The van der Waals surface area contributed by atoms with Crippen molar-refractivity contribution in [3.8, 4) is 17.5 Å². The van der Waals surface area contributed by atoms with E-state index in [1.165, 1.54) is 6.07 Å². The molecular formula is C22H19F3N6O2S. The van der Waals surface area contributed by atoms with Crippen LogP contribution in [0.4, 0.5) is 18.9 Å². The van der Waals surface area contributed by atoms with E-state index in [2.05, 4.69) is 16.0 Å². The Morgan fingerprint density at radius 1 is 1.21 bits per heavy atom. The van der Waals surface area contributed by atoms with Gasteiger partial charge in [-0.05, 0) is 37.3 Å². The Kier molecular flexibility index (Phi) is 5.71. The summed E-state index contributed by atoms with van der Waals surface area (Å²) in [6.07, 6.45) is 3.38. The van der Waals surface area contributed by atoms with Gasteiger partial charge in [-0.25, -0.2) is 13.4 Å². The van der Waals surface area contributed by atoms with E-state index in [0.717, 1.165) is 23.6 Å². The van der Waals surface area contributed by atoms with Crippen molar-refractivity contribution >= 4 is 32.4 Å². The van der Waals surface area contributed by atoms with E-state index in [1.54, 1.807) is 15.5 Å². The molecule has 4 rings (SSSR count). The molecule has 176 valence electrons. The number of allylic oxidation sites excluding steroid dienone is 4. The topological polar surface area (TPSA) is 104 Å². The van der Waals surface area contributed by atoms with Gasteiger partial charge in [-0.2, -0.15) is 23.2 Å². The summed E-state index contributed by atoms with van der Waals surface area (Å²) in [7, 11) is -0.770.